The molecule has 27 heavy (non-hydrogen) atoms. The second-order valence-electron chi connectivity index (χ2n) is 7.18. The quantitative estimate of drug-likeness (QED) is 0.906. The van der Waals surface area contributed by atoms with Crippen LogP contribution in [0.5, 0.6) is 11.5 Å². The molecule has 2 aromatic rings. The number of ether oxygens (including phenoxy) is 2. The van der Waals surface area contributed by atoms with Crippen LogP contribution in [0.3, 0.4) is 0 Å². The summed E-state index contributed by atoms with van der Waals surface area (Å²) in [6.45, 7) is 2.83. The zero-order valence-corrected chi connectivity index (χ0v) is 15.7. The summed E-state index contributed by atoms with van der Waals surface area (Å²) in [7, 11) is 1.69. The Morgan fingerprint density at radius 3 is 2.85 bits per heavy atom. The highest BCUT2D eigenvalue weighted by Crippen LogP contribution is 2.32. The van der Waals surface area contributed by atoms with Gasteiger partial charge in [-0.2, -0.15) is 0 Å². The highest BCUT2D eigenvalue weighted by atomic mass is 16.5. The van der Waals surface area contributed by atoms with E-state index in [2.05, 4.69) is 23.5 Å². The number of hydrogen-bond acceptors (Lipinski definition) is 3. The van der Waals surface area contributed by atoms with Crippen LogP contribution in [0.2, 0.25) is 0 Å². The van der Waals surface area contributed by atoms with Crippen molar-refractivity contribution in [2.45, 2.75) is 25.2 Å². The van der Waals surface area contributed by atoms with Gasteiger partial charge in [0.05, 0.1) is 13.7 Å². The molecule has 142 valence electrons. The number of nitrogens with zero attached hydrogens (tertiary/aromatic N) is 1. The molecule has 2 aliphatic rings. The Kier molecular flexibility index (Phi) is 5.19. The Morgan fingerprint density at radius 2 is 2.00 bits per heavy atom. The van der Waals surface area contributed by atoms with E-state index in [9.17, 15) is 4.79 Å². The van der Waals surface area contributed by atoms with E-state index in [-0.39, 0.29) is 6.03 Å². The van der Waals surface area contributed by atoms with Gasteiger partial charge in [-0.15, -0.1) is 0 Å². The molecular formula is C22H26N2O3. The summed E-state index contributed by atoms with van der Waals surface area (Å²) in [5, 5.41) is 3.15. The van der Waals surface area contributed by atoms with E-state index >= 15 is 0 Å². The lowest BCUT2D eigenvalue weighted by Gasteiger charge is -2.27. The Bertz CT molecular complexity index is 821. The summed E-state index contributed by atoms with van der Waals surface area (Å²) < 4.78 is 11.0. The van der Waals surface area contributed by atoms with Crippen molar-refractivity contribution in [3.8, 4) is 11.5 Å². The molecule has 5 nitrogen and oxygen atoms in total. The first-order valence-electron chi connectivity index (χ1n) is 9.65. The third-order valence-electron chi connectivity index (χ3n) is 5.59. The molecule has 1 unspecified atom stereocenters. The lowest BCUT2D eigenvalue weighted by atomic mass is 9.93. The van der Waals surface area contributed by atoms with Crippen molar-refractivity contribution in [1.29, 1.82) is 0 Å². The number of fused-ring (bicyclic) bond motifs is 2. The molecule has 5 heteroatoms. The second kappa shape index (κ2) is 7.91. The first kappa shape index (κ1) is 17.7. The molecule has 1 N–H and O–H groups in total. The van der Waals surface area contributed by atoms with Gasteiger partial charge in [0.1, 0.15) is 11.5 Å². The van der Waals surface area contributed by atoms with Crippen molar-refractivity contribution in [3.63, 3.8) is 0 Å². The molecule has 2 amide bonds. The first-order chi connectivity index (χ1) is 13.2. The molecule has 0 bridgehead atoms. The van der Waals surface area contributed by atoms with E-state index in [1.165, 1.54) is 16.7 Å². The first-order valence-corrected chi connectivity index (χ1v) is 9.65. The number of para-hydroxylation sites is 1. The lowest BCUT2D eigenvalue weighted by molar-refractivity contribution is 0.197. The van der Waals surface area contributed by atoms with Crippen LogP contribution < -0.4 is 14.8 Å². The molecule has 0 saturated carbocycles. The topological polar surface area (TPSA) is 50.8 Å². The number of carbonyl (C=O) groups excluding carboxylic acids is 1. The summed E-state index contributed by atoms with van der Waals surface area (Å²) in [6.07, 6.45) is 2.68. The third kappa shape index (κ3) is 3.87. The second-order valence-corrected chi connectivity index (χ2v) is 7.18. The minimum Gasteiger partial charge on any atom is -0.497 e. The summed E-state index contributed by atoms with van der Waals surface area (Å²) in [6, 6.07) is 14.4. The van der Waals surface area contributed by atoms with E-state index in [0.29, 0.717) is 19.1 Å². The van der Waals surface area contributed by atoms with Gasteiger partial charge in [-0.05, 0) is 54.2 Å². The van der Waals surface area contributed by atoms with Crippen molar-refractivity contribution in [3.05, 3.63) is 59.2 Å². The van der Waals surface area contributed by atoms with Crippen LogP contribution >= 0.6 is 0 Å². The van der Waals surface area contributed by atoms with Gasteiger partial charge in [0.25, 0.3) is 0 Å². The van der Waals surface area contributed by atoms with E-state index in [4.69, 9.17) is 9.47 Å². The number of carbonyl (C=O) groups is 1. The fourth-order valence-corrected chi connectivity index (χ4v) is 3.98. The van der Waals surface area contributed by atoms with Crippen LogP contribution in [0.1, 0.15) is 29.0 Å². The number of hydrogen-bond donors (Lipinski definition) is 1. The lowest BCUT2D eigenvalue weighted by Crippen LogP contribution is -2.43. The van der Waals surface area contributed by atoms with Crippen LogP contribution in [0.25, 0.3) is 0 Å². The summed E-state index contributed by atoms with van der Waals surface area (Å²) in [5.41, 5.74) is 3.78. The van der Waals surface area contributed by atoms with Crippen molar-refractivity contribution in [2.75, 3.05) is 33.4 Å². The number of benzene rings is 2. The van der Waals surface area contributed by atoms with E-state index < -0.39 is 0 Å². The van der Waals surface area contributed by atoms with Crippen molar-refractivity contribution >= 4 is 6.03 Å². The van der Waals surface area contributed by atoms with E-state index in [0.717, 1.165) is 43.9 Å². The Morgan fingerprint density at radius 1 is 1.19 bits per heavy atom. The maximum atomic E-state index is 12.7. The summed E-state index contributed by atoms with van der Waals surface area (Å²) >= 11 is 0. The molecule has 0 saturated heterocycles. The minimum absolute atomic E-state index is 0.0266. The largest absolute Gasteiger partial charge is 0.497 e. The van der Waals surface area contributed by atoms with Crippen LogP contribution in [0, 0.1) is 0 Å². The Balaban J connectivity index is 1.36. The van der Waals surface area contributed by atoms with Crippen LogP contribution in [-0.2, 0) is 12.8 Å². The van der Waals surface area contributed by atoms with Gasteiger partial charge in [0.2, 0.25) is 0 Å². The summed E-state index contributed by atoms with van der Waals surface area (Å²) in [5.74, 6) is 2.14. The van der Waals surface area contributed by atoms with Crippen LogP contribution in [-0.4, -0.2) is 44.3 Å². The smallest absolute Gasteiger partial charge is 0.317 e. The van der Waals surface area contributed by atoms with Gasteiger partial charge in [-0.3, -0.25) is 0 Å². The van der Waals surface area contributed by atoms with Gasteiger partial charge >= 0.3 is 6.03 Å². The molecule has 0 spiro atoms. The monoisotopic (exact) mass is 366 g/mol. The maximum absolute atomic E-state index is 12.7. The van der Waals surface area contributed by atoms with Gasteiger partial charge in [0.15, 0.2) is 0 Å². The normalized spacial score (nSPS) is 18.6. The predicted octanol–water partition coefficient (Wildman–Crippen LogP) is 3.37. The minimum atomic E-state index is 0.0266. The fraction of sp³-hybridized carbons (Fsp3) is 0.409. The Hall–Kier alpha value is -2.69. The number of rotatable bonds is 3. The summed E-state index contributed by atoms with van der Waals surface area (Å²) in [4.78, 5) is 14.7. The average Bonchev–Trinajstić information content (AvgIpc) is 2.94. The van der Waals surface area contributed by atoms with Crippen molar-refractivity contribution in [2.24, 2.45) is 0 Å². The van der Waals surface area contributed by atoms with Gasteiger partial charge in [-0.25, -0.2) is 4.79 Å². The maximum Gasteiger partial charge on any atom is 0.317 e. The number of nitrogens with one attached hydrogen (secondary N) is 1. The molecule has 1 atom stereocenters. The fourth-order valence-electron chi connectivity index (χ4n) is 3.98. The SMILES string of the molecule is COc1ccc2c(c1)CCN(C(=O)NCC1CCOc3ccccc31)CC2. The van der Waals surface area contributed by atoms with Crippen LogP contribution in [0.15, 0.2) is 42.5 Å². The number of amides is 2. The molecule has 0 fully saturated rings. The average molecular weight is 366 g/mol. The van der Waals surface area contributed by atoms with Gasteiger partial charge in [-0.1, -0.05) is 24.3 Å². The zero-order chi connectivity index (χ0) is 18.6. The molecular weight excluding hydrogens is 340 g/mol. The molecule has 2 aliphatic heterocycles. The molecule has 2 heterocycles. The molecule has 0 aliphatic carbocycles. The highest BCUT2D eigenvalue weighted by Gasteiger charge is 2.23. The third-order valence-corrected chi connectivity index (χ3v) is 5.59. The molecule has 0 aromatic heterocycles. The number of urea groups is 1. The highest BCUT2D eigenvalue weighted by molar-refractivity contribution is 5.74. The van der Waals surface area contributed by atoms with Crippen LogP contribution in [0.4, 0.5) is 4.79 Å². The van der Waals surface area contributed by atoms with E-state index in [1.54, 1.807) is 7.11 Å². The standard InChI is InChI=1S/C22H26N2O3/c1-26-19-7-6-16-8-11-24(12-9-17(16)14-19)22(25)23-15-18-10-13-27-21-5-3-2-4-20(18)21/h2-7,14,18H,8-13,15H2,1H3,(H,23,25). The predicted molar refractivity (Wildman–Crippen MR) is 105 cm³/mol. The zero-order valence-electron chi connectivity index (χ0n) is 15.7. The molecule has 0 radical (unpaired) electrons. The van der Waals surface area contributed by atoms with Gasteiger partial charge in [0, 0.05) is 25.6 Å². The molecule has 4 rings (SSSR count). The van der Waals surface area contributed by atoms with Crippen molar-refractivity contribution in [1.82, 2.24) is 10.2 Å². The number of methoxy groups -OCH3 is 1. The van der Waals surface area contributed by atoms with E-state index in [1.807, 2.05) is 29.2 Å². The Labute approximate surface area is 160 Å². The van der Waals surface area contributed by atoms with Gasteiger partial charge < -0.3 is 19.7 Å². The van der Waals surface area contributed by atoms with Crippen molar-refractivity contribution < 1.29 is 14.3 Å². The molecule has 2 aromatic carbocycles.